The van der Waals surface area contributed by atoms with Gasteiger partial charge in [0, 0.05) is 26.7 Å². The fourth-order valence-corrected chi connectivity index (χ4v) is 4.41. The van der Waals surface area contributed by atoms with Crippen LogP contribution in [0.25, 0.3) is 10.9 Å². The molecule has 0 fully saturated rings. The lowest BCUT2D eigenvalue weighted by molar-refractivity contribution is -0.137. The van der Waals surface area contributed by atoms with Gasteiger partial charge in [-0.05, 0) is 78.9 Å². The Kier molecular flexibility index (Phi) is 6.99. The zero-order valence-corrected chi connectivity index (χ0v) is 19.7. The Morgan fingerprint density at radius 2 is 1.55 bits per heavy atom. The fourth-order valence-electron chi connectivity index (χ4n) is 2.98. The van der Waals surface area contributed by atoms with Crippen molar-refractivity contribution in [3.05, 3.63) is 88.4 Å². The molecule has 0 unspecified atom stereocenters. The molecule has 33 heavy (non-hydrogen) atoms. The third-order valence-electron chi connectivity index (χ3n) is 4.49. The molecule has 0 aliphatic heterocycles. The summed E-state index contributed by atoms with van der Waals surface area (Å²) in [7, 11) is 0. The van der Waals surface area contributed by atoms with Crippen molar-refractivity contribution in [3.63, 3.8) is 0 Å². The van der Waals surface area contributed by atoms with Crippen LogP contribution in [0.2, 0.25) is 10.0 Å². The number of alkyl halides is 3. The van der Waals surface area contributed by atoms with Crippen molar-refractivity contribution in [2.24, 2.45) is 0 Å². The second kappa shape index (κ2) is 9.77. The van der Waals surface area contributed by atoms with Gasteiger partial charge in [0.2, 0.25) is 0 Å². The molecule has 0 atom stereocenters. The topological polar surface area (TPSA) is 37.0 Å². The molecule has 4 aromatic rings. The third-order valence-corrected chi connectivity index (χ3v) is 6.20. The Bertz CT molecular complexity index is 1330. The molecule has 0 spiro atoms. The first kappa shape index (κ1) is 23.6. The SMILES string of the molecule is FC(F)(F)c1cc(NC(=S)Nc2ccc(Sc3ccc4cc(Cl)ccc4n3)cc2)ccc1Cl. The van der Waals surface area contributed by atoms with Gasteiger partial charge >= 0.3 is 6.18 Å². The molecule has 0 aliphatic carbocycles. The molecule has 0 radical (unpaired) electrons. The molecule has 0 aliphatic rings. The van der Waals surface area contributed by atoms with E-state index in [1.807, 2.05) is 48.5 Å². The zero-order chi connectivity index (χ0) is 23.6. The van der Waals surface area contributed by atoms with Crippen LogP contribution in [0.5, 0.6) is 0 Å². The Morgan fingerprint density at radius 3 is 2.27 bits per heavy atom. The average Bonchev–Trinajstić information content (AvgIpc) is 2.76. The molecular weight excluding hydrogens is 510 g/mol. The van der Waals surface area contributed by atoms with Crippen LogP contribution < -0.4 is 10.6 Å². The first-order valence-corrected chi connectivity index (χ1v) is 11.4. The molecule has 0 saturated heterocycles. The molecule has 2 N–H and O–H groups in total. The monoisotopic (exact) mass is 523 g/mol. The number of hydrogen-bond acceptors (Lipinski definition) is 3. The van der Waals surface area contributed by atoms with E-state index in [1.165, 1.54) is 23.9 Å². The number of halogens is 5. The average molecular weight is 524 g/mol. The Labute approximate surface area is 207 Å². The lowest BCUT2D eigenvalue weighted by Gasteiger charge is -2.14. The van der Waals surface area contributed by atoms with Crippen molar-refractivity contribution in [2.75, 3.05) is 10.6 Å². The van der Waals surface area contributed by atoms with Crippen LogP contribution in [-0.2, 0) is 6.18 Å². The second-order valence-electron chi connectivity index (χ2n) is 6.88. The maximum Gasteiger partial charge on any atom is 0.417 e. The summed E-state index contributed by atoms with van der Waals surface area (Å²) in [6, 6.07) is 20.4. The number of thiocarbonyl (C=S) groups is 1. The van der Waals surface area contributed by atoms with E-state index in [0.717, 1.165) is 26.9 Å². The van der Waals surface area contributed by atoms with Crippen molar-refractivity contribution >= 4 is 74.6 Å². The minimum Gasteiger partial charge on any atom is -0.332 e. The zero-order valence-electron chi connectivity index (χ0n) is 16.6. The molecule has 0 bridgehead atoms. The highest BCUT2D eigenvalue weighted by Gasteiger charge is 2.33. The van der Waals surface area contributed by atoms with E-state index in [1.54, 1.807) is 6.07 Å². The van der Waals surface area contributed by atoms with Crippen molar-refractivity contribution in [2.45, 2.75) is 16.1 Å². The van der Waals surface area contributed by atoms with Crippen LogP contribution in [-0.4, -0.2) is 10.1 Å². The van der Waals surface area contributed by atoms with E-state index >= 15 is 0 Å². The molecule has 0 amide bonds. The lowest BCUT2D eigenvalue weighted by Crippen LogP contribution is -2.19. The maximum atomic E-state index is 13.0. The number of rotatable bonds is 4. The number of nitrogens with one attached hydrogen (secondary N) is 2. The Morgan fingerprint density at radius 1 is 0.848 bits per heavy atom. The van der Waals surface area contributed by atoms with Crippen LogP contribution in [0.4, 0.5) is 24.5 Å². The van der Waals surface area contributed by atoms with Gasteiger partial charge < -0.3 is 10.6 Å². The molecule has 10 heteroatoms. The number of anilines is 2. The fraction of sp³-hybridized carbons (Fsp3) is 0.0435. The van der Waals surface area contributed by atoms with Gasteiger partial charge in [-0.3, -0.25) is 0 Å². The van der Waals surface area contributed by atoms with E-state index in [0.29, 0.717) is 10.7 Å². The van der Waals surface area contributed by atoms with E-state index in [9.17, 15) is 13.2 Å². The first-order valence-electron chi connectivity index (χ1n) is 9.46. The highest BCUT2D eigenvalue weighted by Crippen LogP contribution is 2.36. The molecule has 1 heterocycles. The number of aromatic nitrogens is 1. The van der Waals surface area contributed by atoms with Gasteiger partial charge in [0.15, 0.2) is 5.11 Å². The van der Waals surface area contributed by atoms with Gasteiger partial charge in [0.25, 0.3) is 0 Å². The smallest absolute Gasteiger partial charge is 0.332 e. The van der Waals surface area contributed by atoms with Gasteiger partial charge in [0.1, 0.15) is 5.03 Å². The molecule has 168 valence electrons. The van der Waals surface area contributed by atoms with E-state index in [2.05, 4.69) is 15.6 Å². The summed E-state index contributed by atoms with van der Waals surface area (Å²) in [5.74, 6) is 0. The van der Waals surface area contributed by atoms with Gasteiger partial charge in [-0.15, -0.1) is 0 Å². The predicted octanol–water partition coefficient (Wildman–Crippen LogP) is 8.52. The van der Waals surface area contributed by atoms with Gasteiger partial charge in [-0.1, -0.05) is 41.0 Å². The molecule has 4 rings (SSSR count). The van der Waals surface area contributed by atoms with Crippen LogP contribution in [0.3, 0.4) is 0 Å². The van der Waals surface area contributed by atoms with Crippen LogP contribution in [0, 0.1) is 0 Å². The van der Waals surface area contributed by atoms with Gasteiger partial charge in [-0.2, -0.15) is 13.2 Å². The summed E-state index contributed by atoms with van der Waals surface area (Å²) in [6.45, 7) is 0. The van der Waals surface area contributed by atoms with E-state index in [-0.39, 0.29) is 15.8 Å². The van der Waals surface area contributed by atoms with Crippen molar-refractivity contribution in [3.8, 4) is 0 Å². The molecular formula is C23H14Cl2F3N3S2. The number of nitrogens with zero attached hydrogens (tertiary/aromatic N) is 1. The first-order chi connectivity index (χ1) is 15.7. The third kappa shape index (κ3) is 6.09. The maximum absolute atomic E-state index is 13.0. The molecule has 1 aromatic heterocycles. The Hall–Kier alpha value is -2.52. The second-order valence-corrected chi connectivity index (χ2v) is 9.23. The molecule has 3 nitrogen and oxygen atoms in total. The summed E-state index contributed by atoms with van der Waals surface area (Å²) in [4.78, 5) is 5.59. The highest BCUT2D eigenvalue weighted by molar-refractivity contribution is 7.99. The minimum atomic E-state index is -4.55. The normalized spacial score (nSPS) is 11.4. The number of hydrogen-bond donors (Lipinski definition) is 2. The molecule has 3 aromatic carbocycles. The van der Waals surface area contributed by atoms with Gasteiger partial charge in [-0.25, -0.2) is 4.98 Å². The number of fused-ring (bicyclic) bond motifs is 1. The van der Waals surface area contributed by atoms with Gasteiger partial charge in [0.05, 0.1) is 16.1 Å². The summed E-state index contributed by atoms with van der Waals surface area (Å²) in [5, 5.41) is 7.95. The van der Waals surface area contributed by atoms with Crippen molar-refractivity contribution in [1.29, 1.82) is 0 Å². The van der Waals surface area contributed by atoms with E-state index < -0.39 is 11.7 Å². The summed E-state index contributed by atoms with van der Waals surface area (Å²) < 4.78 is 39.1. The largest absolute Gasteiger partial charge is 0.417 e. The predicted molar refractivity (Wildman–Crippen MR) is 134 cm³/mol. The summed E-state index contributed by atoms with van der Waals surface area (Å²) in [6.07, 6.45) is -4.55. The number of benzene rings is 3. The van der Waals surface area contributed by atoms with Crippen molar-refractivity contribution in [1.82, 2.24) is 4.98 Å². The Balaban J connectivity index is 1.39. The van der Waals surface area contributed by atoms with Crippen molar-refractivity contribution < 1.29 is 13.2 Å². The van der Waals surface area contributed by atoms with E-state index in [4.69, 9.17) is 35.4 Å². The number of pyridine rings is 1. The summed E-state index contributed by atoms with van der Waals surface area (Å²) in [5.41, 5.74) is 0.793. The highest BCUT2D eigenvalue weighted by atomic mass is 35.5. The standard InChI is InChI=1S/C23H14Cl2F3N3S2/c24-14-2-9-20-13(11-14)1-10-21(31-20)33-17-6-3-15(4-7-17)29-22(32)30-16-5-8-19(25)18(12-16)23(26,27)28/h1-12H,(H2,29,30,32). The minimum absolute atomic E-state index is 0.153. The quantitative estimate of drug-likeness (QED) is 0.262. The molecule has 0 saturated carbocycles. The summed E-state index contributed by atoms with van der Waals surface area (Å²) >= 11 is 18.4. The van der Waals surface area contributed by atoms with Crippen LogP contribution in [0.15, 0.2) is 82.7 Å². The van der Waals surface area contributed by atoms with Crippen LogP contribution in [0.1, 0.15) is 5.56 Å². The van der Waals surface area contributed by atoms with Crippen LogP contribution >= 0.6 is 47.2 Å². The lowest BCUT2D eigenvalue weighted by atomic mass is 10.2.